The van der Waals surface area contributed by atoms with Crippen LogP contribution in [0.2, 0.25) is 0 Å². The van der Waals surface area contributed by atoms with Gasteiger partial charge in [0.05, 0.1) is 6.42 Å². The molecule has 1 aliphatic rings. The second-order valence-electron chi connectivity index (χ2n) is 5.89. The number of nitrogens with one attached hydrogen (secondary N) is 1. The minimum absolute atomic E-state index is 0.0363. The average Bonchev–Trinajstić information content (AvgIpc) is 3.11. The highest BCUT2D eigenvalue weighted by Crippen LogP contribution is 2.29. The van der Waals surface area contributed by atoms with Gasteiger partial charge in [-0.3, -0.25) is 9.59 Å². The van der Waals surface area contributed by atoms with Crippen molar-refractivity contribution in [1.82, 2.24) is 15.1 Å². The van der Waals surface area contributed by atoms with E-state index in [9.17, 15) is 14.0 Å². The summed E-state index contributed by atoms with van der Waals surface area (Å²) >= 11 is 0. The molecule has 1 heterocycles. The number of aliphatic carboxylic acids is 1. The number of halogens is 1. The van der Waals surface area contributed by atoms with Crippen LogP contribution in [0, 0.1) is 12.7 Å². The number of carbonyl (C=O) groups is 2. The first-order valence-electron chi connectivity index (χ1n) is 7.84. The van der Waals surface area contributed by atoms with E-state index in [4.69, 9.17) is 5.11 Å². The molecular weight excluding hydrogens is 313 g/mol. The van der Waals surface area contributed by atoms with Crippen molar-refractivity contribution >= 4 is 11.9 Å². The molecule has 0 spiro atoms. The van der Waals surface area contributed by atoms with Crippen molar-refractivity contribution in [2.24, 2.45) is 0 Å². The number of hydrogen-bond donors (Lipinski definition) is 2. The summed E-state index contributed by atoms with van der Waals surface area (Å²) in [4.78, 5) is 22.9. The van der Waals surface area contributed by atoms with E-state index in [0.717, 1.165) is 29.7 Å². The van der Waals surface area contributed by atoms with Crippen LogP contribution in [0.4, 0.5) is 4.39 Å². The van der Waals surface area contributed by atoms with Gasteiger partial charge in [-0.1, -0.05) is 6.07 Å². The van der Waals surface area contributed by atoms with E-state index < -0.39 is 17.7 Å². The van der Waals surface area contributed by atoms with Crippen molar-refractivity contribution in [3.63, 3.8) is 0 Å². The Morgan fingerprint density at radius 2 is 2.17 bits per heavy atom. The van der Waals surface area contributed by atoms with E-state index in [-0.39, 0.29) is 18.7 Å². The number of carbonyl (C=O) groups excluding carboxylic acids is 1. The van der Waals surface area contributed by atoms with Gasteiger partial charge < -0.3 is 10.4 Å². The predicted molar refractivity (Wildman–Crippen MR) is 84.9 cm³/mol. The molecule has 2 N–H and O–H groups in total. The van der Waals surface area contributed by atoms with E-state index in [1.807, 2.05) is 6.92 Å². The summed E-state index contributed by atoms with van der Waals surface area (Å²) in [5, 5.41) is 15.5. The zero-order chi connectivity index (χ0) is 17.3. The van der Waals surface area contributed by atoms with Crippen molar-refractivity contribution in [3.8, 4) is 5.69 Å². The first-order chi connectivity index (χ1) is 11.5. The summed E-state index contributed by atoms with van der Waals surface area (Å²) in [6.07, 6.45) is 2.18. The Balaban J connectivity index is 1.94. The number of fused-ring (bicyclic) bond motifs is 1. The lowest BCUT2D eigenvalue weighted by Crippen LogP contribution is -2.27. The molecule has 1 aromatic heterocycles. The van der Waals surface area contributed by atoms with Gasteiger partial charge in [-0.15, -0.1) is 0 Å². The topological polar surface area (TPSA) is 84.2 Å². The van der Waals surface area contributed by atoms with Gasteiger partial charge in [-0.2, -0.15) is 5.10 Å². The number of aromatic nitrogens is 2. The maximum Gasteiger partial charge on any atom is 0.305 e. The van der Waals surface area contributed by atoms with Crippen LogP contribution in [0.5, 0.6) is 0 Å². The maximum absolute atomic E-state index is 14.2. The molecule has 0 aliphatic heterocycles. The molecule has 0 saturated carbocycles. The molecule has 6 nitrogen and oxygen atoms in total. The Bertz CT molecular complexity index is 814. The molecule has 1 aromatic carbocycles. The number of amides is 1. The highest BCUT2D eigenvalue weighted by molar-refractivity contribution is 5.94. The molecule has 3 rings (SSSR count). The van der Waals surface area contributed by atoms with Crippen LogP contribution in [0.1, 0.15) is 40.2 Å². The van der Waals surface area contributed by atoms with Crippen LogP contribution in [0.25, 0.3) is 5.69 Å². The molecule has 0 saturated heterocycles. The minimum Gasteiger partial charge on any atom is -0.481 e. The number of nitrogens with zero attached hydrogens (tertiary/aromatic N) is 2. The second-order valence-corrected chi connectivity index (χ2v) is 5.89. The normalized spacial score (nSPS) is 12.9. The van der Waals surface area contributed by atoms with E-state index >= 15 is 0 Å². The first kappa shape index (κ1) is 16.2. The number of carboxylic acid groups (broad SMARTS) is 1. The average molecular weight is 331 g/mol. The third-order valence-corrected chi connectivity index (χ3v) is 4.10. The van der Waals surface area contributed by atoms with Gasteiger partial charge in [0.1, 0.15) is 11.5 Å². The lowest BCUT2D eigenvalue weighted by atomic mass is 10.2. The van der Waals surface area contributed by atoms with Crippen LogP contribution >= 0.6 is 0 Å². The summed E-state index contributed by atoms with van der Waals surface area (Å²) in [6, 6.07) is 4.77. The molecular formula is C17H18FN3O3. The lowest BCUT2D eigenvalue weighted by molar-refractivity contribution is -0.136. The van der Waals surface area contributed by atoms with Gasteiger partial charge in [-0.05, 0) is 43.9 Å². The predicted octanol–water partition coefficient (Wildman–Crippen LogP) is 2.01. The smallest absolute Gasteiger partial charge is 0.305 e. The van der Waals surface area contributed by atoms with Crippen LogP contribution in [0.15, 0.2) is 18.2 Å². The zero-order valence-corrected chi connectivity index (χ0v) is 13.3. The molecule has 1 amide bonds. The Kier molecular flexibility index (Phi) is 4.33. The Hall–Kier alpha value is -2.70. The highest BCUT2D eigenvalue weighted by atomic mass is 19.1. The molecule has 126 valence electrons. The summed E-state index contributed by atoms with van der Waals surface area (Å²) in [7, 11) is 0. The van der Waals surface area contributed by atoms with Crippen molar-refractivity contribution in [2.45, 2.75) is 32.6 Å². The van der Waals surface area contributed by atoms with E-state index in [2.05, 4.69) is 10.4 Å². The summed E-state index contributed by atoms with van der Waals surface area (Å²) in [5.41, 5.74) is 3.17. The first-order valence-corrected chi connectivity index (χ1v) is 7.84. The van der Waals surface area contributed by atoms with Gasteiger partial charge in [0.15, 0.2) is 5.69 Å². The molecule has 7 heteroatoms. The van der Waals surface area contributed by atoms with E-state index in [1.165, 1.54) is 10.7 Å². The third kappa shape index (κ3) is 3.02. The number of rotatable bonds is 5. The van der Waals surface area contributed by atoms with Gasteiger partial charge in [0.2, 0.25) is 0 Å². The van der Waals surface area contributed by atoms with Crippen molar-refractivity contribution in [3.05, 3.63) is 46.5 Å². The molecule has 0 atom stereocenters. The highest BCUT2D eigenvalue weighted by Gasteiger charge is 2.27. The second kappa shape index (κ2) is 6.43. The van der Waals surface area contributed by atoms with E-state index in [1.54, 1.807) is 12.1 Å². The fourth-order valence-corrected chi connectivity index (χ4v) is 2.97. The maximum atomic E-state index is 14.2. The third-order valence-electron chi connectivity index (χ3n) is 4.10. The molecule has 2 aromatic rings. The quantitative estimate of drug-likeness (QED) is 0.878. The van der Waals surface area contributed by atoms with Gasteiger partial charge in [0, 0.05) is 17.8 Å². The largest absolute Gasteiger partial charge is 0.481 e. The Morgan fingerprint density at radius 3 is 2.92 bits per heavy atom. The number of benzene rings is 1. The number of aryl methyl sites for hydroxylation is 1. The van der Waals surface area contributed by atoms with Gasteiger partial charge >= 0.3 is 5.97 Å². The monoisotopic (exact) mass is 331 g/mol. The lowest BCUT2D eigenvalue weighted by Gasteiger charge is -2.08. The zero-order valence-electron chi connectivity index (χ0n) is 13.3. The molecule has 0 fully saturated rings. The van der Waals surface area contributed by atoms with Crippen LogP contribution in [-0.4, -0.2) is 33.3 Å². The fraction of sp³-hybridized carbons (Fsp3) is 0.353. The summed E-state index contributed by atoms with van der Waals surface area (Å²) < 4.78 is 15.7. The van der Waals surface area contributed by atoms with Crippen LogP contribution in [-0.2, 0) is 17.6 Å². The van der Waals surface area contributed by atoms with Crippen LogP contribution < -0.4 is 5.32 Å². The standard InChI is InChI=1S/C17H18FN3O3/c1-10-5-6-12(18)14(9-10)21-13-4-2-3-11(13)16(20-21)17(24)19-8-7-15(22)23/h5-6,9H,2-4,7-8H2,1H3,(H,19,24)(H,22,23). The fourth-order valence-electron chi connectivity index (χ4n) is 2.97. The number of carboxylic acids is 1. The molecule has 0 bridgehead atoms. The molecule has 1 aliphatic carbocycles. The van der Waals surface area contributed by atoms with Gasteiger partial charge in [-0.25, -0.2) is 9.07 Å². The summed E-state index contributed by atoms with van der Waals surface area (Å²) in [6.45, 7) is 1.90. The number of hydrogen-bond acceptors (Lipinski definition) is 3. The van der Waals surface area contributed by atoms with Crippen molar-refractivity contribution in [1.29, 1.82) is 0 Å². The SMILES string of the molecule is Cc1ccc(F)c(-n2nc(C(=O)NCCC(=O)O)c3c2CCC3)c1. The molecule has 0 radical (unpaired) electrons. The van der Waals surface area contributed by atoms with Crippen molar-refractivity contribution in [2.75, 3.05) is 6.54 Å². The minimum atomic E-state index is -0.979. The van der Waals surface area contributed by atoms with Gasteiger partial charge in [0.25, 0.3) is 5.91 Å². The Labute approximate surface area is 138 Å². The summed E-state index contributed by atoms with van der Waals surface area (Å²) in [5.74, 6) is -1.79. The molecule has 24 heavy (non-hydrogen) atoms. The van der Waals surface area contributed by atoms with Crippen LogP contribution in [0.3, 0.4) is 0 Å². The Morgan fingerprint density at radius 1 is 1.38 bits per heavy atom. The van der Waals surface area contributed by atoms with E-state index in [0.29, 0.717) is 12.1 Å². The molecule has 0 unspecified atom stereocenters. The van der Waals surface area contributed by atoms with Crippen molar-refractivity contribution < 1.29 is 19.1 Å².